The van der Waals surface area contributed by atoms with Crippen molar-refractivity contribution in [1.29, 1.82) is 0 Å². The van der Waals surface area contributed by atoms with Crippen molar-refractivity contribution in [1.82, 2.24) is 0 Å². The van der Waals surface area contributed by atoms with Crippen LogP contribution in [0.3, 0.4) is 0 Å². The van der Waals surface area contributed by atoms with Gasteiger partial charge >= 0.3 is 0 Å². The molecule has 2 aromatic carbocycles. The summed E-state index contributed by atoms with van der Waals surface area (Å²) in [7, 11) is 0. The van der Waals surface area contributed by atoms with Crippen molar-refractivity contribution < 1.29 is 14.5 Å². The summed E-state index contributed by atoms with van der Waals surface area (Å²) in [5.41, 5.74) is 1.78. The van der Waals surface area contributed by atoms with Crippen LogP contribution >= 0.6 is 0 Å². The first kappa shape index (κ1) is 16.6. The molecule has 0 atom stereocenters. The van der Waals surface area contributed by atoms with Gasteiger partial charge < -0.3 is 10.6 Å². The molecule has 0 aliphatic heterocycles. The van der Waals surface area contributed by atoms with Crippen LogP contribution < -0.4 is 10.6 Å². The number of amides is 2. The third-order valence-electron chi connectivity index (χ3n) is 4.11. The molecule has 7 heteroatoms. The fraction of sp³-hybridized carbons (Fsp3) is 0.222. The molecule has 3 rings (SSSR count). The van der Waals surface area contributed by atoms with E-state index in [9.17, 15) is 19.7 Å². The van der Waals surface area contributed by atoms with E-state index in [1.54, 1.807) is 37.3 Å². The predicted molar refractivity (Wildman–Crippen MR) is 93.6 cm³/mol. The highest BCUT2D eigenvalue weighted by Gasteiger charge is 2.29. The van der Waals surface area contributed by atoms with Gasteiger partial charge in [-0.25, -0.2) is 0 Å². The molecule has 7 nitrogen and oxygen atoms in total. The summed E-state index contributed by atoms with van der Waals surface area (Å²) in [5.74, 6) is -0.257. The Morgan fingerprint density at radius 3 is 2.36 bits per heavy atom. The van der Waals surface area contributed by atoms with Crippen LogP contribution in [0.5, 0.6) is 0 Å². The Bertz CT molecular complexity index is 842. The van der Waals surface area contributed by atoms with Crippen molar-refractivity contribution in [3.05, 3.63) is 63.7 Å². The van der Waals surface area contributed by atoms with Crippen molar-refractivity contribution in [2.45, 2.75) is 19.8 Å². The number of hydrogen-bond donors (Lipinski definition) is 2. The van der Waals surface area contributed by atoms with E-state index in [2.05, 4.69) is 10.6 Å². The lowest BCUT2D eigenvalue weighted by Gasteiger charge is -2.09. The van der Waals surface area contributed by atoms with E-state index >= 15 is 0 Å². The predicted octanol–water partition coefficient (Wildman–Crippen LogP) is 3.50. The molecule has 0 heterocycles. The number of nitro groups is 1. The lowest BCUT2D eigenvalue weighted by Crippen LogP contribution is -2.15. The van der Waals surface area contributed by atoms with Gasteiger partial charge in [0.05, 0.1) is 16.2 Å². The first-order chi connectivity index (χ1) is 12.0. The summed E-state index contributed by atoms with van der Waals surface area (Å²) >= 11 is 0. The zero-order chi connectivity index (χ0) is 18.0. The first-order valence-electron chi connectivity index (χ1n) is 7.92. The maximum Gasteiger partial charge on any atom is 0.274 e. The second-order valence-corrected chi connectivity index (χ2v) is 6.00. The zero-order valence-corrected chi connectivity index (χ0v) is 13.6. The van der Waals surface area contributed by atoms with Gasteiger partial charge in [0.15, 0.2) is 0 Å². The number of rotatable bonds is 5. The van der Waals surface area contributed by atoms with Crippen LogP contribution in [0, 0.1) is 23.0 Å². The average molecular weight is 339 g/mol. The monoisotopic (exact) mass is 339 g/mol. The van der Waals surface area contributed by atoms with Gasteiger partial charge in [-0.15, -0.1) is 0 Å². The van der Waals surface area contributed by atoms with Crippen LogP contribution in [-0.4, -0.2) is 16.7 Å². The molecule has 0 saturated heterocycles. The molecular formula is C18H17N3O4. The van der Waals surface area contributed by atoms with Crippen molar-refractivity contribution in [2.24, 2.45) is 5.92 Å². The van der Waals surface area contributed by atoms with Gasteiger partial charge in [-0.3, -0.25) is 19.7 Å². The number of hydrogen-bond acceptors (Lipinski definition) is 4. The SMILES string of the molecule is Cc1c(NC(=O)c2ccc(NC(=O)C3CC3)cc2)cccc1[N+](=O)[O-]. The Balaban J connectivity index is 1.70. The van der Waals surface area contributed by atoms with Gasteiger partial charge in [0.1, 0.15) is 0 Å². The molecule has 2 amide bonds. The molecule has 0 spiro atoms. The summed E-state index contributed by atoms with van der Waals surface area (Å²) < 4.78 is 0. The van der Waals surface area contributed by atoms with Crippen molar-refractivity contribution in [2.75, 3.05) is 10.6 Å². The molecule has 0 unspecified atom stereocenters. The number of nitro benzene ring substituents is 1. The lowest BCUT2D eigenvalue weighted by molar-refractivity contribution is -0.385. The van der Waals surface area contributed by atoms with Gasteiger partial charge in [0, 0.05) is 23.2 Å². The minimum Gasteiger partial charge on any atom is -0.326 e. The van der Waals surface area contributed by atoms with E-state index in [1.165, 1.54) is 12.1 Å². The third kappa shape index (κ3) is 3.82. The summed E-state index contributed by atoms with van der Waals surface area (Å²) in [6.07, 6.45) is 1.85. The van der Waals surface area contributed by atoms with E-state index in [1.807, 2.05) is 0 Å². The van der Waals surface area contributed by atoms with Crippen molar-refractivity contribution in [3.63, 3.8) is 0 Å². The number of nitrogens with zero attached hydrogens (tertiary/aromatic N) is 1. The summed E-state index contributed by atoms with van der Waals surface area (Å²) in [4.78, 5) is 34.5. The Labute approximate surface area is 144 Å². The largest absolute Gasteiger partial charge is 0.326 e. The minimum atomic E-state index is -0.484. The molecule has 0 bridgehead atoms. The molecule has 0 radical (unpaired) electrons. The Morgan fingerprint density at radius 1 is 1.08 bits per heavy atom. The molecule has 1 aliphatic carbocycles. The maximum absolute atomic E-state index is 12.3. The van der Waals surface area contributed by atoms with Crippen molar-refractivity contribution >= 4 is 28.9 Å². The summed E-state index contributed by atoms with van der Waals surface area (Å²) in [6, 6.07) is 11.1. The van der Waals surface area contributed by atoms with Crippen LogP contribution in [-0.2, 0) is 4.79 Å². The Morgan fingerprint density at radius 2 is 1.76 bits per heavy atom. The number of carbonyl (C=O) groups excluding carboxylic acids is 2. The van der Waals surface area contributed by atoms with Crippen LogP contribution in [0.15, 0.2) is 42.5 Å². The van der Waals surface area contributed by atoms with E-state index < -0.39 is 4.92 Å². The molecular weight excluding hydrogens is 322 g/mol. The van der Waals surface area contributed by atoms with E-state index in [0.29, 0.717) is 22.5 Å². The normalized spacial score (nSPS) is 13.2. The van der Waals surface area contributed by atoms with Gasteiger partial charge in [-0.05, 0) is 50.1 Å². The van der Waals surface area contributed by atoms with Crippen molar-refractivity contribution in [3.8, 4) is 0 Å². The number of nitrogens with one attached hydrogen (secondary N) is 2. The van der Waals surface area contributed by atoms with Crippen LogP contribution in [0.1, 0.15) is 28.8 Å². The maximum atomic E-state index is 12.3. The van der Waals surface area contributed by atoms with Gasteiger partial charge in [0.2, 0.25) is 5.91 Å². The molecule has 128 valence electrons. The molecule has 1 aliphatic rings. The summed E-state index contributed by atoms with van der Waals surface area (Å²) in [6.45, 7) is 1.59. The minimum absolute atomic E-state index is 0.00409. The van der Waals surface area contributed by atoms with E-state index in [-0.39, 0.29) is 23.4 Å². The Hall–Kier alpha value is -3.22. The molecule has 25 heavy (non-hydrogen) atoms. The van der Waals surface area contributed by atoms with Gasteiger partial charge in [0.25, 0.3) is 11.6 Å². The molecule has 2 aromatic rings. The highest BCUT2D eigenvalue weighted by molar-refractivity contribution is 6.05. The highest BCUT2D eigenvalue weighted by atomic mass is 16.6. The average Bonchev–Trinajstić information content (AvgIpc) is 3.42. The zero-order valence-electron chi connectivity index (χ0n) is 13.6. The highest BCUT2D eigenvalue weighted by Crippen LogP contribution is 2.30. The Kier molecular flexibility index (Phi) is 4.47. The van der Waals surface area contributed by atoms with Gasteiger partial charge in [-0.1, -0.05) is 6.07 Å². The van der Waals surface area contributed by atoms with Gasteiger partial charge in [-0.2, -0.15) is 0 Å². The quantitative estimate of drug-likeness (QED) is 0.643. The van der Waals surface area contributed by atoms with Crippen LogP contribution in [0.25, 0.3) is 0 Å². The fourth-order valence-electron chi connectivity index (χ4n) is 2.45. The number of benzene rings is 2. The second kappa shape index (κ2) is 6.72. The number of anilines is 2. The second-order valence-electron chi connectivity index (χ2n) is 6.00. The lowest BCUT2D eigenvalue weighted by atomic mass is 10.1. The van der Waals surface area contributed by atoms with E-state index in [0.717, 1.165) is 12.8 Å². The molecule has 1 fully saturated rings. The smallest absolute Gasteiger partial charge is 0.274 e. The topological polar surface area (TPSA) is 101 Å². The molecule has 0 aromatic heterocycles. The third-order valence-corrected chi connectivity index (χ3v) is 4.11. The van der Waals surface area contributed by atoms with Crippen LogP contribution in [0.2, 0.25) is 0 Å². The standard InChI is InChI=1S/C18H17N3O4/c1-11-15(3-2-4-16(11)21(24)25)20-18(23)13-7-9-14(10-8-13)19-17(22)12-5-6-12/h2-4,7-10,12H,5-6H2,1H3,(H,19,22)(H,20,23). The van der Waals surface area contributed by atoms with E-state index in [4.69, 9.17) is 0 Å². The summed E-state index contributed by atoms with van der Waals surface area (Å²) in [5, 5.41) is 16.4. The fourth-order valence-corrected chi connectivity index (χ4v) is 2.45. The first-order valence-corrected chi connectivity index (χ1v) is 7.92. The van der Waals surface area contributed by atoms with Crippen LogP contribution in [0.4, 0.5) is 17.1 Å². The number of carbonyl (C=O) groups is 2. The molecule has 1 saturated carbocycles. The molecule has 2 N–H and O–H groups in total.